The molecule has 9 nitrogen and oxygen atoms in total. The summed E-state index contributed by atoms with van der Waals surface area (Å²) >= 11 is 3.32. The Morgan fingerprint density at radius 2 is 1.82 bits per heavy atom. The molecule has 0 radical (unpaired) electrons. The molecule has 0 atom stereocenters. The van der Waals surface area contributed by atoms with Gasteiger partial charge in [0.2, 0.25) is 0 Å². The summed E-state index contributed by atoms with van der Waals surface area (Å²) in [5, 5.41) is 11.4. The summed E-state index contributed by atoms with van der Waals surface area (Å²) in [6.07, 6.45) is 1.73. The summed E-state index contributed by atoms with van der Waals surface area (Å²) in [7, 11) is -3.84. The highest BCUT2D eigenvalue weighted by Gasteiger charge is 2.20. The Morgan fingerprint density at radius 3 is 2.55 bits per heavy atom. The van der Waals surface area contributed by atoms with E-state index in [2.05, 4.69) is 41.1 Å². The molecule has 174 valence electrons. The Hall–Kier alpha value is -2.89. The molecule has 2 N–H and O–H groups in total. The molecule has 33 heavy (non-hydrogen) atoms. The van der Waals surface area contributed by atoms with E-state index in [1.165, 1.54) is 6.07 Å². The molecule has 3 aromatic rings. The minimum absolute atomic E-state index is 0.0659. The molecule has 1 fully saturated rings. The lowest BCUT2D eigenvalue weighted by atomic mass is 10.3. The van der Waals surface area contributed by atoms with Crippen molar-refractivity contribution in [2.75, 3.05) is 47.8 Å². The molecule has 0 unspecified atom stereocenters. The molecule has 0 saturated carbocycles. The first-order valence-electron chi connectivity index (χ1n) is 10.4. The number of halogens is 1. The zero-order chi connectivity index (χ0) is 23.3. The van der Waals surface area contributed by atoms with Gasteiger partial charge in [-0.15, -0.1) is 5.10 Å². The van der Waals surface area contributed by atoms with E-state index >= 15 is 0 Å². The van der Waals surface area contributed by atoms with E-state index < -0.39 is 10.0 Å². The fraction of sp³-hybridized carbons (Fsp3) is 0.273. The topological polar surface area (TPSA) is 106 Å². The lowest BCUT2D eigenvalue weighted by molar-refractivity contribution is 0.122. The van der Waals surface area contributed by atoms with Crippen LogP contribution in [0.3, 0.4) is 0 Å². The fourth-order valence-electron chi connectivity index (χ4n) is 3.36. The van der Waals surface area contributed by atoms with Crippen LogP contribution in [0, 0.1) is 0 Å². The van der Waals surface area contributed by atoms with Crippen molar-refractivity contribution in [1.29, 1.82) is 0 Å². The molecule has 2 aromatic carbocycles. The number of anilines is 4. The van der Waals surface area contributed by atoms with E-state index in [0.29, 0.717) is 41.5 Å². The first-order valence-corrected chi connectivity index (χ1v) is 12.7. The number of nitrogens with one attached hydrogen (secondary N) is 2. The second-order valence-electron chi connectivity index (χ2n) is 7.23. The van der Waals surface area contributed by atoms with Crippen molar-refractivity contribution in [3.63, 3.8) is 0 Å². The first kappa shape index (κ1) is 23.3. The minimum atomic E-state index is -3.84. The summed E-state index contributed by atoms with van der Waals surface area (Å²) in [5.74, 6) is 0.896. The van der Waals surface area contributed by atoms with Crippen LogP contribution >= 0.6 is 15.9 Å². The summed E-state index contributed by atoms with van der Waals surface area (Å²) in [6, 6.07) is 13.7. The SMILES string of the molecule is CCOc1ccc(Br)cc1S(=O)(=O)Nc1ccc(Nc2cc(N3CCOCC3)cnn2)cc1. The van der Waals surface area contributed by atoms with Gasteiger partial charge in [0.15, 0.2) is 5.82 Å². The van der Waals surface area contributed by atoms with Crippen LogP contribution in [0.15, 0.2) is 64.1 Å². The van der Waals surface area contributed by atoms with Crippen LogP contribution in [0.25, 0.3) is 0 Å². The second kappa shape index (κ2) is 10.4. The van der Waals surface area contributed by atoms with E-state index in [0.717, 1.165) is 24.5 Å². The van der Waals surface area contributed by atoms with Gasteiger partial charge in [-0.2, -0.15) is 5.10 Å². The summed E-state index contributed by atoms with van der Waals surface area (Å²) in [5.41, 5.74) is 2.15. The molecule has 11 heteroatoms. The van der Waals surface area contributed by atoms with Crippen LogP contribution in [0.4, 0.5) is 22.9 Å². The van der Waals surface area contributed by atoms with Gasteiger partial charge >= 0.3 is 0 Å². The normalized spacial score (nSPS) is 14.1. The third-order valence-electron chi connectivity index (χ3n) is 4.92. The molecule has 2 heterocycles. The molecule has 0 bridgehead atoms. The van der Waals surface area contributed by atoms with Crippen LogP contribution in [0.5, 0.6) is 5.75 Å². The second-order valence-corrected chi connectivity index (χ2v) is 9.80. The number of ether oxygens (including phenoxy) is 2. The van der Waals surface area contributed by atoms with Gasteiger partial charge in [-0.3, -0.25) is 4.72 Å². The average molecular weight is 534 g/mol. The first-order chi connectivity index (χ1) is 15.9. The number of hydrogen-bond acceptors (Lipinski definition) is 8. The van der Waals surface area contributed by atoms with Crippen molar-refractivity contribution >= 4 is 48.8 Å². The quantitative estimate of drug-likeness (QED) is 0.447. The third-order valence-corrected chi connectivity index (χ3v) is 6.82. The summed E-state index contributed by atoms with van der Waals surface area (Å²) < 4.78 is 40.0. The van der Waals surface area contributed by atoms with Crippen LogP contribution in [-0.2, 0) is 14.8 Å². The van der Waals surface area contributed by atoms with Gasteiger partial charge < -0.3 is 19.7 Å². The minimum Gasteiger partial charge on any atom is -0.492 e. The third kappa shape index (κ3) is 5.92. The number of nitrogens with zero attached hydrogens (tertiary/aromatic N) is 3. The van der Waals surface area contributed by atoms with Gasteiger partial charge in [0.05, 0.1) is 31.7 Å². The summed E-state index contributed by atoms with van der Waals surface area (Å²) in [6.45, 7) is 5.16. The molecular formula is C22H24BrN5O4S. The smallest absolute Gasteiger partial charge is 0.265 e. The Labute approximate surface area is 201 Å². The highest BCUT2D eigenvalue weighted by atomic mass is 79.9. The zero-order valence-electron chi connectivity index (χ0n) is 18.0. The Kier molecular flexibility index (Phi) is 7.31. The molecule has 0 amide bonds. The molecule has 0 spiro atoms. The highest BCUT2D eigenvalue weighted by Crippen LogP contribution is 2.30. The number of rotatable bonds is 8. The lowest BCUT2D eigenvalue weighted by Gasteiger charge is -2.28. The Balaban J connectivity index is 1.46. The predicted molar refractivity (Wildman–Crippen MR) is 131 cm³/mol. The maximum absolute atomic E-state index is 13.0. The van der Waals surface area contributed by atoms with Crippen molar-refractivity contribution in [2.45, 2.75) is 11.8 Å². The van der Waals surface area contributed by atoms with E-state index in [1.807, 2.05) is 6.07 Å². The van der Waals surface area contributed by atoms with E-state index in [1.54, 1.807) is 49.5 Å². The van der Waals surface area contributed by atoms with Crippen LogP contribution in [0.2, 0.25) is 0 Å². The number of benzene rings is 2. The average Bonchev–Trinajstić information content (AvgIpc) is 2.82. The van der Waals surface area contributed by atoms with Crippen molar-refractivity contribution in [2.24, 2.45) is 0 Å². The molecule has 0 aliphatic carbocycles. The number of aromatic nitrogens is 2. The van der Waals surface area contributed by atoms with Crippen molar-refractivity contribution in [3.8, 4) is 5.75 Å². The molecule has 1 saturated heterocycles. The maximum atomic E-state index is 13.0. The number of hydrogen-bond donors (Lipinski definition) is 2. The molecule has 1 aliphatic heterocycles. The highest BCUT2D eigenvalue weighted by molar-refractivity contribution is 9.10. The largest absolute Gasteiger partial charge is 0.492 e. The van der Waals surface area contributed by atoms with E-state index in [-0.39, 0.29) is 4.90 Å². The zero-order valence-corrected chi connectivity index (χ0v) is 20.4. The summed E-state index contributed by atoms with van der Waals surface area (Å²) in [4.78, 5) is 2.26. The van der Waals surface area contributed by atoms with E-state index in [4.69, 9.17) is 9.47 Å². The van der Waals surface area contributed by atoms with Gasteiger partial charge in [-0.1, -0.05) is 15.9 Å². The van der Waals surface area contributed by atoms with Crippen molar-refractivity contribution in [3.05, 3.63) is 59.2 Å². The Bertz CT molecular complexity index is 1200. The Morgan fingerprint density at radius 1 is 1.09 bits per heavy atom. The van der Waals surface area contributed by atoms with Gasteiger partial charge in [0.25, 0.3) is 10.0 Å². The van der Waals surface area contributed by atoms with Gasteiger partial charge in [-0.25, -0.2) is 8.42 Å². The molecule has 1 aromatic heterocycles. The molecular weight excluding hydrogens is 510 g/mol. The number of morpholine rings is 1. The van der Waals surface area contributed by atoms with Crippen LogP contribution in [-0.4, -0.2) is 51.5 Å². The standard InChI is InChI=1S/C22H24BrN5O4S/c1-2-32-20-8-3-16(23)13-21(20)33(29,30)27-18-6-4-17(5-7-18)25-22-14-19(15-24-26-22)28-9-11-31-12-10-28/h3-8,13-15,27H,2,9-12H2,1H3,(H,25,26). The van der Waals surface area contributed by atoms with Gasteiger partial charge in [0.1, 0.15) is 10.6 Å². The van der Waals surface area contributed by atoms with Crippen molar-refractivity contribution < 1.29 is 17.9 Å². The fourth-order valence-corrected chi connectivity index (χ4v) is 5.10. The van der Waals surface area contributed by atoms with Gasteiger partial charge in [-0.05, 0) is 49.4 Å². The van der Waals surface area contributed by atoms with Gasteiger partial charge in [0, 0.05) is 35.0 Å². The van der Waals surface area contributed by atoms with Crippen LogP contribution in [0.1, 0.15) is 6.92 Å². The van der Waals surface area contributed by atoms with Crippen LogP contribution < -0.4 is 19.7 Å². The number of sulfonamides is 1. The molecule has 1 aliphatic rings. The monoisotopic (exact) mass is 533 g/mol. The molecule has 4 rings (SSSR count). The predicted octanol–water partition coefficient (Wildman–Crippen LogP) is 4.02. The van der Waals surface area contributed by atoms with E-state index in [9.17, 15) is 8.42 Å². The van der Waals surface area contributed by atoms with Crippen molar-refractivity contribution in [1.82, 2.24) is 10.2 Å². The lowest BCUT2D eigenvalue weighted by Crippen LogP contribution is -2.36. The maximum Gasteiger partial charge on any atom is 0.265 e.